The quantitative estimate of drug-likeness (QED) is 0.685. The average molecular weight is 302 g/mol. The maximum absolute atomic E-state index is 11.5. The van der Waals surface area contributed by atoms with Gasteiger partial charge in [-0.2, -0.15) is 8.42 Å². The van der Waals surface area contributed by atoms with Crippen LogP contribution in [0.1, 0.15) is 36.5 Å². The summed E-state index contributed by atoms with van der Waals surface area (Å²) in [5.74, 6) is 0.360. The molecule has 0 spiro atoms. The third-order valence-corrected chi connectivity index (χ3v) is 4.34. The van der Waals surface area contributed by atoms with Crippen molar-refractivity contribution in [3.05, 3.63) is 41.0 Å². The maximum atomic E-state index is 11.5. The van der Waals surface area contributed by atoms with Crippen LogP contribution >= 0.6 is 0 Å². The van der Waals surface area contributed by atoms with Gasteiger partial charge in [0.2, 0.25) is 0 Å². The molecule has 104 valence electrons. The summed E-state index contributed by atoms with van der Waals surface area (Å²) in [7, 11) is -4.19. The summed E-state index contributed by atoms with van der Waals surface area (Å²) in [6, 6.07) is 7.47. The molecule has 20 heavy (non-hydrogen) atoms. The molecule has 0 radical (unpaired) electrons. The van der Waals surface area contributed by atoms with Gasteiger partial charge in [0, 0.05) is 5.56 Å². The van der Waals surface area contributed by atoms with Gasteiger partial charge in [0.05, 0.1) is 0 Å². The topological polar surface area (TPSA) is 54.4 Å². The molecule has 0 saturated heterocycles. The predicted octanol–water partition coefficient (Wildman–Crippen LogP) is 3.13. The first-order valence-electron chi connectivity index (χ1n) is 6.23. The molecule has 0 aromatic rings. The Labute approximate surface area is 142 Å². The third kappa shape index (κ3) is 3.26. The summed E-state index contributed by atoms with van der Waals surface area (Å²) in [6.45, 7) is 7.91. The number of rotatable bonds is 2. The summed E-state index contributed by atoms with van der Waals surface area (Å²) in [6.07, 6.45) is 0. The van der Waals surface area contributed by atoms with E-state index in [1.807, 2.05) is 32.0 Å². The molecule has 0 saturated carbocycles. The Balaban J connectivity index is 0.00000200. The van der Waals surface area contributed by atoms with Gasteiger partial charge < -0.3 is 0 Å². The zero-order chi connectivity index (χ0) is 14.4. The summed E-state index contributed by atoms with van der Waals surface area (Å²) in [5, 5.41) is 0. The Morgan fingerprint density at radius 3 is 2.15 bits per heavy atom. The van der Waals surface area contributed by atoms with Crippen molar-refractivity contribution in [3.8, 4) is 11.1 Å². The first-order chi connectivity index (χ1) is 8.71. The van der Waals surface area contributed by atoms with E-state index in [1.54, 1.807) is 0 Å². The van der Waals surface area contributed by atoms with Gasteiger partial charge in [-0.3, -0.25) is 4.55 Å². The van der Waals surface area contributed by atoms with E-state index in [4.69, 9.17) is 0 Å². The Bertz CT molecular complexity index is 706. The van der Waals surface area contributed by atoms with Crippen molar-refractivity contribution in [1.82, 2.24) is 0 Å². The van der Waals surface area contributed by atoms with Crippen LogP contribution in [0.15, 0.2) is 29.2 Å². The van der Waals surface area contributed by atoms with E-state index < -0.39 is 10.1 Å². The van der Waals surface area contributed by atoms with Crippen LogP contribution in [0.5, 0.6) is 0 Å². The third-order valence-electron chi connectivity index (χ3n) is 3.46. The number of hydrogen-bond donors (Lipinski definition) is 1. The van der Waals surface area contributed by atoms with Crippen molar-refractivity contribution < 1.29 is 13.0 Å². The normalized spacial score (nSPS) is 11.7. The summed E-state index contributed by atoms with van der Waals surface area (Å²) >= 11 is 0. The first kappa shape index (κ1) is 17.7. The molecule has 0 aliphatic heterocycles. The second-order valence-electron chi connectivity index (χ2n) is 5.27. The monoisotopic (exact) mass is 302 g/mol. The summed E-state index contributed by atoms with van der Waals surface area (Å²) in [4.78, 5) is 0.00315. The second kappa shape index (κ2) is 6.16. The predicted molar refractivity (Wildman–Crippen MR) is 83.6 cm³/mol. The van der Waals surface area contributed by atoms with Crippen molar-refractivity contribution in [1.29, 1.82) is 0 Å². The fourth-order valence-electron chi connectivity index (χ4n) is 2.35. The van der Waals surface area contributed by atoms with Gasteiger partial charge in [-0.05, 0) is 48.1 Å². The van der Waals surface area contributed by atoms with Gasteiger partial charge in [0.25, 0.3) is 10.1 Å². The molecular weight excluding hydrogens is 283 g/mol. The second-order valence-corrected chi connectivity index (χ2v) is 6.66. The molecule has 0 bridgehead atoms. The van der Waals surface area contributed by atoms with E-state index in [0.717, 1.165) is 22.3 Å². The van der Waals surface area contributed by atoms with Crippen LogP contribution in [0.4, 0.5) is 0 Å². The fraction of sp³-hybridized carbons (Fsp3) is 0.333. The van der Waals surface area contributed by atoms with Gasteiger partial charge >= 0.3 is 29.6 Å². The zero-order valence-corrected chi connectivity index (χ0v) is 12.4. The van der Waals surface area contributed by atoms with Crippen LogP contribution in [-0.4, -0.2) is 42.5 Å². The van der Waals surface area contributed by atoms with Crippen molar-refractivity contribution in [3.63, 3.8) is 0 Å². The van der Waals surface area contributed by atoms with Crippen LogP contribution in [-0.2, 0) is 10.1 Å². The molecule has 0 aromatic carbocycles. The van der Waals surface area contributed by atoms with Crippen LogP contribution < -0.4 is 0 Å². The molecule has 0 amide bonds. The van der Waals surface area contributed by atoms with E-state index in [2.05, 4.69) is 13.8 Å². The minimum atomic E-state index is -4.19. The van der Waals surface area contributed by atoms with Gasteiger partial charge in [0.1, 0.15) is 4.90 Å². The van der Waals surface area contributed by atoms with Crippen molar-refractivity contribution in [2.24, 2.45) is 0 Å². The molecule has 0 fully saturated rings. The van der Waals surface area contributed by atoms with E-state index in [0.29, 0.717) is 11.5 Å². The molecular formula is C15H19NaO3S. The van der Waals surface area contributed by atoms with E-state index >= 15 is 0 Å². The molecule has 2 aliphatic rings. The first-order valence-corrected chi connectivity index (χ1v) is 7.67. The summed E-state index contributed by atoms with van der Waals surface area (Å²) < 4.78 is 32.3. The van der Waals surface area contributed by atoms with E-state index in [-0.39, 0.29) is 34.5 Å². The molecule has 2 rings (SSSR count). The van der Waals surface area contributed by atoms with Crippen LogP contribution in [0.2, 0.25) is 0 Å². The molecule has 2 aliphatic carbocycles. The molecule has 0 aromatic heterocycles. The molecule has 5 heteroatoms. The molecule has 0 heterocycles. The summed E-state index contributed by atoms with van der Waals surface area (Å²) in [5.41, 5.74) is 4.37. The van der Waals surface area contributed by atoms with Crippen LogP contribution in [0.3, 0.4) is 0 Å². The number of fused-ring (bicyclic) bond motifs is 1. The van der Waals surface area contributed by atoms with Gasteiger partial charge in [0.15, 0.2) is 0 Å². The fourth-order valence-corrected chi connectivity index (χ4v) is 3.21. The SMILES string of the molecule is Cc1cc(S(=O)(=O)O)c2c(C)ccc(C(C)C)cc1-2.[NaH]. The Morgan fingerprint density at radius 1 is 1.05 bits per heavy atom. The van der Waals surface area contributed by atoms with Crippen molar-refractivity contribution in [2.45, 2.75) is 38.5 Å². The molecule has 0 unspecified atom stereocenters. The number of aryl methyl sites for hydroxylation is 2. The molecule has 0 atom stereocenters. The Hall–Kier alpha value is -0.390. The van der Waals surface area contributed by atoms with Crippen molar-refractivity contribution >= 4 is 39.7 Å². The Kier molecular flexibility index (Phi) is 5.44. The van der Waals surface area contributed by atoms with Crippen LogP contribution in [0.25, 0.3) is 11.1 Å². The van der Waals surface area contributed by atoms with Gasteiger partial charge in [-0.25, -0.2) is 0 Å². The molecule has 3 nitrogen and oxygen atoms in total. The molecule has 1 N–H and O–H groups in total. The Morgan fingerprint density at radius 2 is 1.65 bits per heavy atom. The minimum absolute atomic E-state index is 0. The zero-order valence-electron chi connectivity index (χ0n) is 11.6. The van der Waals surface area contributed by atoms with Crippen LogP contribution in [0, 0.1) is 13.8 Å². The number of hydrogen-bond acceptors (Lipinski definition) is 2. The van der Waals surface area contributed by atoms with E-state index in [1.165, 1.54) is 6.07 Å². The van der Waals surface area contributed by atoms with E-state index in [9.17, 15) is 13.0 Å². The van der Waals surface area contributed by atoms with Gasteiger partial charge in [-0.1, -0.05) is 32.0 Å². The standard InChI is InChI=1S/C15H18O3S.Na.H/c1-9(2)12-6-5-10(3)15-13(8-12)11(4)7-14(15)19(16,17)18;;/h5-9H,1-4H3,(H,16,17,18);;. The van der Waals surface area contributed by atoms with Crippen molar-refractivity contribution in [2.75, 3.05) is 0 Å². The average Bonchev–Trinajstić information content (AvgIpc) is 2.50. The van der Waals surface area contributed by atoms with Gasteiger partial charge in [-0.15, -0.1) is 0 Å².